The maximum atomic E-state index is 13.3. The van der Waals surface area contributed by atoms with Gasteiger partial charge in [0.15, 0.2) is 0 Å². The van der Waals surface area contributed by atoms with E-state index in [4.69, 9.17) is 0 Å². The molecule has 1 aliphatic carbocycles. The Morgan fingerprint density at radius 2 is 1.48 bits per heavy atom. The minimum absolute atomic E-state index is 0.0107. The molecule has 0 bridgehead atoms. The molecule has 1 N–H and O–H groups in total. The lowest BCUT2D eigenvalue weighted by atomic mass is 9.74. The number of aliphatic carboxylic acids is 1. The number of amides is 1. The van der Waals surface area contributed by atoms with Crippen LogP contribution in [0.3, 0.4) is 0 Å². The van der Waals surface area contributed by atoms with Gasteiger partial charge in [-0.25, -0.2) is 0 Å². The standard InChI is InChI=1S/C26H30N2O3/c1-19(20-8-4-2-5-9-20)21-12-13-23(24(18-21)26(30)31)25(29)28-16-14-27(15-17-28)22-10-6-3-7-11-22/h2-11,23-24H,12-18H2,1H3,(H,30,31)/t23-,24-/m0/s1. The van der Waals surface area contributed by atoms with Gasteiger partial charge >= 0.3 is 5.97 Å². The molecule has 2 aliphatic rings. The van der Waals surface area contributed by atoms with Crippen molar-refractivity contribution >= 4 is 23.1 Å². The Labute approximate surface area is 184 Å². The van der Waals surface area contributed by atoms with E-state index in [0.717, 1.165) is 36.2 Å². The monoisotopic (exact) mass is 418 g/mol. The van der Waals surface area contributed by atoms with Crippen molar-refractivity contribution in [3.63, 3.8) is 0 Å². The van der Waals surface area contributed by atoms with Gasteiger partial charge in [-0.15, -0.1) is 0 Å². The average Bonchev–Trinajstić information content (AvgIpc) is 2.84. The molecular formula is C26H30N2O3. The van der Waals surface area contributed by atoms with Crippen LogP contribution in [0.15, 0.2) is 66.2 Å². The molecule has 1 saturated heterocycles. The highest BCUT2D eigenvalue weighted by molar-refractivity contribution is 5.86. The van der Waals surface area contributed by atoms with E-state index in [1.54, 1.807) is 0 Å². The Bertz CT molecular complexity index is 947. The lowest BCUT2D eigenvalue weighted by Crippen LogP contribution is -2.52. The average molecular weight is 419 g/mol. The first-order valence-corrected chi connectivity index (χ1v) is 11.1. The Kier molecular flexibility index (Phi) is 6.40. The van der Waals surface area contributed by atoms with Crippen LogP contribution in [0.4, 0.5) is 5.69 Å². The maximum absolute atomic E-state index is 13.3. The third-order valence-electron chi connectivity index (χ3n) is 6.79. The number of rotatable bonds is 4. The molecule has 4 rings (SSSR count). The zero-order valence-corrected chi connectivity index (χ0v) is 18.0. The second-order valence-electron chi connectivity index (χ2n) is 8.54. The fourth-order valence-electron chi connectivity index (χ4n) is 4.89. The molecule has 0 radical (unpaired) electrons. The lowest BCUT2D eigenvalue weighted by molar-refractivity contribution is -0.151. The van der Waals surface area contributed by atoms with Crippen molar-refractivity contribution in [3.8, 4) is 0 Å². The number of benzene rings is 2. The van der Waals surface area contributed by atoms with Crippen LogP contribution >= 0.6 is 0 Å². The second kappa shape index (κ2) is 9.38. The molecular weight excluding hydrogens is 388 g/mol. The summed E-state index contributed by atoms with van der Waals surface area (Å²) in [6.07, 6.45) is 1.84. The molecule has 0 spiro atoms. The number of carboxylic acid groups (broad SMARTS) is 1. The molecule has 31 heavy (non-hydrogen) atoms. The molecule has 1 amide bonds. The molecule has 2 fully saturated rings. The molecule has 1 aliphatic heterocycles. The largest absolute Gasteiger partial charge is 0.481 e. The summed E-state index contributed by atoms with van der Waals surface area (Å²) in [5.74, 6) is -1.94. The van der Waals surface area contributed by atoms with Gasteiger partial charge in [0.05, 0.1) is 11.8 Å². The van der Waals surface area contributed by atoms with Crippen LogP contribution < -0.4 is 4.90 Å². The Hall–Kier alpha value is -3.08. The van der Waals surface area contributed by atoms with E-state index >= 15 is 0 Å². The van der Waals surface area contributed by atoms with Crippen molar-refractivity contribution in [1.29, 1.82) is 0 Å². The predicted octanol–water partition coefficient (Wildman–Crippen LogP) is 4.31. The third-order valence-corrected chi connectivity index (χ3v) is 6.79. The minimum atomic E-state index is -0.862. The lowest BCUT2D eigenvalue weighted by Gasteiger charge is -2.39. The van der Waals surface area contributed by atoms with Gasteiger partial charge in [-0.05, 0) is 49.5 Å². The van der Waals surface area contributed by atoms with Crippen molar-refractivity contribution in [3.05, 3.63) is 71.8 Å². The van der Waals surface area contributed by atoms with Gasteiger partial charge in [-0.2, -0.15) is 0 Å². The van der Waals surface area contributed by atoms with Gasteiger partial charge in [-0.1, -0.05) is 54.1 Å². The summed E-state index contributed by atoms with van der Waals surface area (Å²) in [5, 5.41) is 9.92. The smallest absolute Gasteiger partial charge is 0.307 e. The fraction of sp³-hybridized carbons (Fsp3) is 0.385. The summed E-state index contributed by atoms with van der Waals surface area (Å²) in [7, 11) is 0. The molecule has 162 valence electrons. The number of carbonyl (C=O) groups is 2. The van der Waals surface area contributed by atoms with Gasteiger partial charge < -0.3 is 14.9 Å². The number of allylic oxidation sites excluding steroid dienone is 2. The van der Waals surface area contributed by atoms with E-state index in [1.165, 1.54) is 5.69 Å². The van der Waals surface area contributed by atoms with Crippen molar-refractivity contribution in [2.45, 2.75) is 26.2 Å². The van der Waals surface area contributed by atoms with E-state index in [1.807, 2.05) is 41.3 Å². The quantitative estimate of drug-likeness (QED) is 0.804. The Morgan fingerprint density at radius 1 is 0.871 bits per heavy atom. The number of para-hydroxylation sites is 1. The highest BCUT2D eigenvalue weighted by Gasteiger charge is 2.40. The number of nitrogens with zero attached hydrogens (tertiary/aromatic N) is 2. The molecule has 2 atom stereocenters. The molecule has 0 aromatic heterocycles. The topological polar surface area (TPSA) is 60.9 Å². The summed E-state index contributed by atoms with van der Waals surface area (Å²) in [5.41, 5.74) is 4.61. The van der Waals surface area contributed by atoms with Crippen LogP contribution in [0.2, 0.25) is 0 Å². The molecule has 1 saturated carbocycles. The van der Waals surface area contributed by atoms with Crippen LogP contribution in [0, 0.1) is 11.8 Å². The molecule has 2 aromatic rings. The molecule has 5 heteroatoms. The molecule has 5 nitrogen and oxygen atoms in total. The number of piperazine rings is 1. The highest BCUT2D eigenvalue weighted by Crippen LogP contribution is 2.38. The van der Waals surface area contributed by atoms with E-state index in [0.29, 0.717) is 25.9 Å². The van der Waals surface area contributed by atoms with Gasteiger partial charge in [0, 0.05) is 31.9 Å². The van der Waals surface area contributed by atoms with Gasteiger partial charge in [0.25, 0.3) is 0 Å². The van der Waals surface area contributed by atoms with E-state index < -0.39 is 17.8 Å². The number of hydrogen-bond acceptors (Lipinski definition) is 3. The summed E-state index contributed by atoms with van der Waals surface area (Å²) >= 11 is 0. The van der Waals surface area contributed by atoms with E-state index in [-0.39, 0.29) is 5.91 Å². The minimum Gasteiger partial charge on any atom is -0.481 e. The summed E-state index contributed by atoms with van der Waals surface area (Å²) in [4.78, 5) is 29.5. The number of carbonyl (C=O) groups excluding carboxylic acids is 1. The van der Waals surface area contributed by atoms with Crippen LogP contribution in [0.5, 0.6) is 0 Å². The van der Waals surface area contributed by atoms with Crippen LogP contribution in [-0.4, -0.2) is 48.1 Å². The Balaban J connectivity index is 1.43. The first-order chi connectivity index (χ1) is 15.0. The summed E-state index contributed by atoms with van der Waals surface area (Å²) < 4.78 is 0. The third kappa shape index (κ3) is 4.66. The first-order valence-electron chi connectivity index (χ1n) is 11.1. The maximum Gasteiger partial charge on any atom is 0.307 e. The normalized spacial score (nSPS) is 23.4. The fourth-order valence-corrected chi connectivity index (χ4v) is 4.89. The number of hydrogen-bond donors (Lipinski definition) is 1. The first kappa shape index (κ1) is 21.2. The van der Waals surface area contributed by atoms with Crippen LogP contribution in [-0.2, 0) is 9.59 Å². The van der Waals surface area contributed by atoms with Crippen molar-refractivity contribution in [2.75, 3.05) is 31.1 Å². The van der Waals surface area contributed by atoms with E-state index in [2.05, 4.69) is 36.1 Å². The summed E-state index contributed by atoms with van der Waals surface area (Å²) in [6.45, 7) is 4.90. The molecule has 0 unspecified atom stereocenters. The molecule has 1 heterocycles. The van der Waals surface area contributed by atoms with Crippen molar-refractivity contribution in [2.24, 2.45) is 11.8 Å². The second-order valence-corrected chi connectivity index (χ2v) is 8.54. The van der Waals surface area contributed by atoms with Crippen LogP contribution in [0.1, 0.15) is 31.7 Å². The van der Waals surface area contributed by atoms with Crippen LogP contribution in [0.25, 0.3) is 5.57 Å². The highest BCUT2D eigenvalue weighted by atomic mass is 16.4. The predicted molar refractivity (Wildman–Crippen MR) is 123 cm³/mol. The van der Waals surface area contributed by atoms with Gasteiger partial charge in [0.2, 0.25) is 5.91 Å². The zero-order chi connectivity index (χ0) is 21.8. The summed E-state index contributed by atoms with van der Waals surface area (Å²) in [6, 6.07) is 20.3. The van der Waals surface area contributed by atoms with Gasteiger partial charge in [-0.3, -0.25) is 9.59 Å². The van der Waals surface area contributed by atoms with Gasteiger partial charge in [0.1, 0.15) is 0 Å². The van der Waals surface area contributed by atoms with Crippen molar-refractivity contribution in [1.82, 2.24) is 4.90 Å². The number of carboxylic acids is 1. The zero-order valence-electron chi connectivity index (χ0n) is 18.0. The SMILES string of the molecule is CC(=C1CC[C@H](C(=O)N2CCN(c3ccccc3)CC2)[C@@H](C(=O)O)C1)c1ccccc1. The number of anilines is 1. The van der Waals surface area contributed by atoms with Crippen molar-refractivity contribution < 1.29 is 14.7 Å². The Morgan fingerprint density at radius 3 is 2.10 bits per heavy atom. The molecule has 2 aromatic carbocycles. The van der Waals surface area contributed by atoms with E-state index in [9.17, 15) is 14.7 Å².